The lowest BCUT2D eigenvalue weighted by molar-refractivity contribution is -0.134. The Morgan fingerprint density at radius 1 is 1.04 bits per heavy atom. The van der Waals surface area contributed by atoms with Gasteiger partial charge < -0.3 is 20.1 Å². The van der Waals surface area contributed by atoms with Gasteiger partial charge in [-0.05, 0) is 29.7 Å². The third-order valence-corrected chi connectivity index (χ3v) is 4.40. The molecule has 140 valence electrons. The van der Waals surface area contributed by atoms with E-state index in [2.05, 4.69) is 0 Å². The van der Waals surface area contributed by atoms with Crippen molar-refractivity contribution in [3.8, 4) is 5.75 Å². The van der Waals surface area contributed by atoms with E-state index in [-0.39, 0.29) is 12.0 Å². The van der Waals surface area contributed by atoms with Gasteiger partial charge in [-0.3, -0.25) is 4.79 Å². The fourth-order valence-electron chi connectivity index (χ4n) is 2.74. The van der Waals surface area contributed by atoms with Gasteiger partial charge in [-0.2, -0.15) is 0 Å². The highest BCUT2D eigenvalue weighted by Gasteiger charge is 2.18. The van der Waals surface area contributed by atoms with Crippen LogP contribution < -0.4 is 10.5 Å². The second kappa shape index (κ2) is 10.6. The van der Waals surface area contributed by atoms with Crippen molar-refractivity contribution in [2.75, 3.05) is 27.3 Å². The zero-order valence-electron chi connectivity index (χ0n) is 15.6. The van der Waals surface area contributed by atoms with Gasteiger partial charge in [0.15, 0.2) is 0 Å². The molecule has 0 spiro atoms. The molecule has 0 heterocycles. The highest BCUT2D eigenvalue weighted by atomic mass is 16.5. The highest BCUT2D eigenvalue weighted by molar-refractivity contribution is 5.76. The van der Waals surface area contributed by atoms with Crippen LogP contribution in [-0.4, -0.2) is 44.2 Å². The summed E-state index contributed by atoms with van der Waals surface area (Å²) in [5.74, 6) is 0.886. The number of nitrogens with zero attached hydrogens (tertiary/aromatic N) is 1. The zero-order valence-corrected chi connectivity index (χ0v) is 15.6. The summed E-state index contributed by atoms with van der Waals surface area (Å²) < 4.78 is 10.5. The first-order chi connectivity index (χ1) is 12.7. The van der Waals surface area contributed by atoms with Crippen LogP contribution in [0.1, 0.15) is 17.5 Å². The van der Waals surface area contributed by atoms with E-state index < -0.39 is 0 Å². The lowest BCUT2D eigenvalue weighted by Crippen LogP contribution is -2.37. The molecule has 2 aromatic rings. The molecule has 2 aromatic carbocycles. The Morgan fingerprint density at radius 3 is 2.31 bits per heavy atom. The van der Waals surface area contributed by atoms with Crippen molar-refractivity contribution in [3.05, 3.63) is 65.7 Å². The first-order valence-corrected chi connectivity index (χ1v) is 8.83. The van der Waals surface area contributed by atoms with Crippen LogP contribution >= 0.6 is 0 Å². The minimum absolute atomic E-state index is 0.0552. The SMILES string of the molecule is COc1ccc(CCN(Cc2ccccc2)C(=O)CC(CN)OC)cc1. The van der Waals surface area contributed by atoms with Gasteiger partial charge in [-0.25, -0.2) is 0 Å². The molecule has 2 N–H and O–H groups in total. The third-order valence-electron chi connectivity index (χ3n) is 4.40. The lowest BCUT2D eigenvalue weighted by Gasteiger charge is -2.25. The quantitative estimate of drug-likeness (QED) is 0.711. The lowest BCUT2D eigenvalue weighted by atomic mass is 10.1. The molecule has 2 rings (SSSR count). The summed E-state index contributed by atoms with van der Waals surface area (Å²) in [5.41, 5.74) is 7.94. The fraction of sp³-hybridized carbons (Fsp3) is 0.381. The summed E-state index contributed by atoms with van der Waals surface area (Å²) in [6.07, 6.45) is 0.826. The van der Waals surface area contributed by atoms with Gasteiger partial charge in [0, 0.05) is 26.7 Å². The van der Waals surface area contributed by atoms with Crippen molar-refractivity contribution in [1.29, 1.82) is 0 Å². The molecule has 0 saturated carbocycles. The molecular formula is C21H28N2O3. The number of carbonyl (C=O) groups is 1. The molecule has 26 heavy (non-hydrogen) atoms. The topological polar surface area (TPSA) is 64.8 Å². The molecule has 5 nitrogen and oxygen atoms in total. The smallest absolute Gasteiger partial charge is 0.225 e. The molecule has 0 aromatic heterocycles. The fourth-order valence-corrected chi connectivity index (χ4v) is 2.74. The number of benzene rings is 2. The van der Waals surface area contributed by atoms with Gasteiger partial charge in [0.05, 0.1) is 19.6 Å². The zero-order chi connectivity index (χ0) is 18.8. The number of amides is 1. The highest BCUT2D eigenvalue weighted by Crippen LogP contribution is 2.14. The monoisotopic (exact) mass is 356 g/mol. The largest absolute Gasteiger partial charge is 0.497 e. The van der Waals surface area contributed by atoms with Crippen LogP contribution in [-0.2, 0) is 22.5 Å². The maximum absolute atomic E-state index is 12.8. The van der Waals surface area contributed by atoms with Crippen LogP contribution in [0.4, 0.5) is 0 Å². The summed E-state index contributed by atoms with van der Waals surface area (Å²) in [7, 11) is 3.24. The van der Waals surface area contributed by atoms with Crippen LogP contribution in [0, 0.1) is 0 Å². The van der Waals surface area contributed by atoms with E-state index in [1.165, 1.54) is 5.56 Å². The van der Waals surface area contributed by atoms with Gasteiger partial charge in [0.25, 0.3) is 0 Å². The van der Waals surface area contributed by atoms with Gasteiger partial charge >= 0.3 is 0 Å². The second-order valence-electron chi connectivity index (χ2n) is 6.20. The Morgan fingerprint density at radius 2 is 1.73 bits per heavy atom. The van der Waals surface area contributed by atoms with E-state index in [0.29, 0.717) is 26.1 Å². The number of methoxy groups -OCH3 is 2. The molecule has 1 amide bonds. The first kappa shape index (κ1) is 19.9. The van der Waals surface area contributed by atoms with E-state index in [1.54, 1.807) is 14.2 Å². The summed E-state index contributed by atoms with van der Waals surface area (Å²) in [4.78, 5) is 14.6. The van der Waals surface area contributed by atoms with E-state index in [0.717, 1.165) is 17.7 Å². The predicted molar refractivity (Wildman–Crippen MR) is 103 cm³/mol. The summed E-state index contributed by atoms with van der Waals surface area (Å²) in [6.45, 7) is 1.55. The summed E-state index contributed by atoms with van der Waals surface area (Å²) >= 11 is 0. The Labute approximate surface area is 155 Å². The first-order valence-electron chi connectivity index (χ1n) is 8.83. The molecular weight excluding hydrogens is 328 g/mol. The normalized spacial score (nSPS) is 11.8. The molecule has 1 atom stereocenters. The van der Waals surface area contributed by atoms with Gasteiger partial charge in [-0.1, -0.05) is 42.5 Å². The van der Waals surface area contributed by atoms with E-state index in [1.807, 2.05) is 59.5 Å². The summed E-state index contributed by atoms with van der Waals surface area (Å²) in [5, 5.41) is 0. The van der Waals surface area contributed by atoms with Crippen molar-refractivity contribution in [2.45, 2.75) is 25.5 Å². The number of ether oxygens (including phenoxy) is 2. The average molecular weight is 356 g/mol. The molecule has 0 aliphatic heterocycles. The number of carbonyl (C=O) groups excluding carboxylic acids is 1. The minimum atomic E-state index is -0.248. The average Bonchev–Trinajstić information content (AvgIpc) is 2.70. The second-order valence-corrected chi connectivity index (χ2v) is 6.20. The number of nitrogens with two attached hydrogens (primary N) is 1. The Hall–Kier alpha value is -2.37. The Balaban J connectivity index is 2.04. The summed E-state index contributed by atoms with van der Waals surface area (Å²) in [6, 6.07) is 17.9. The van der Waals surface area contributed by atoms with Crippen LogP contribution in [0.25, 0.3) is 0 Å². The molecule has 0 bridgehead atoms. The number of hydrogen-bond acceptors (Lipinski definition) is 4. The van der Waals surface area contributed by atoms with Crippen LogP contribution in [0.15, 0.2) is 54.6 Å². The molecule has 0 aliphatic carbocycles. The Kier molecular flexibility index (Phi) is 8.12. The van der Waals surface area contributed by atoms with E-state index in [9.17, 15) is 4.79 Å². The van der Waals surface area contributed by atoms with Crippen molar-refractivity contribution >= 4 is 5.91 Å². The van der Waals surface area contributed by atoms with Crippen LogP contribution in [0.3, 0.4) is 0 Å². The minimum Gasteiger partial charge on any atom is -0.497 e. The molecule has 1 unspecified atom stereocenters. The van der Waals surface area contributed by atoms with Gasteiger partial charge in [0.2, 0.25) is 5.91 Å². The maximum Gasteiger partial charge on any atom is 0.225 e. The Bertz CT molecular complexity index is 655. The molecule has 0 aliphatic rings. The van der Waals surface area contributed by atoms with Crippen molar-refractivity contribution in [3.63, 3.8) is 0 Å². The van der Waals surface area contributed by atoms with Gasteiger partial charge in [-0.15, -0.1) is 0 Å². The third kappa shape index (κ3) is 6.17. The molecule has 0 radical (unpaired) electrons. The van der Waals surface area contributed by atoms with E-state index in [4.69, 9.17) is 15.2 Å². The molecule has 0 saturated heterocycles. The van der Waals surface area contributed by atoms with Crippen molar-refractivity contribution in [2.24, 2.45) is 5.73 Å². The van der Waals surface area contributed by atoms with Gasteiger partial charge in [0.1, 0.15) is 5.75 Å². The molecule has 0 fully saturated rings. The maximum atomic E-state index is 12.8. The molecule has 5 heteroatoms. The number of hydrogen-bond donors (Lipinski definition) is 1. The van der Waals surface area contributed by atoms with Crippen LogP contribution in [0.5, 0.6) is 5.75 Å². The van der Waals surface area contributed by atoms with Crippen LogP contribution in [0.2, 0.25) is 0 Å². The van der Waals surface area contributed by atoms with E-state index >= 15 is 0 Å². The number of rotatable bonds is 10. The standard InChI is InChI=1S/C21H28N2O3/c1-25-19-10-8-17(9-11-19)12-13-23(16-18-6-4-3-5-7-18)21(24)14-20(15-22)26-2/h3-11,20H,12-16,22H2,1-2H3. The van der Waals surface area contributed by atoms with Crippen molar-refractivity contribution in [1.82, 2.24) is 4.90 Å². The van der Waals surface area contributed by atoms with Crippen molar-refractivity contribution < 1.29 is 14.3 Å². The predicted octanol–water partition coefficient (Wildman–Crippen LogP) is 2.63.